The molecule has 0 radical (unpaired) electrons. The summed E-state index contributed by atoms with van der Waals surface area (Å²) in [7, 11) is 1.98. The van der Waals surface area contributed by atoms with E-state index in [1.807, 2.05) is 24.5 Å². The zero-order chi connectivity index (χ0) is 20.3. The van der Waals surface area contributed by atoms with Gasteiger partial charge in [-0.1, -0.05) is 43.9 Å². The van der Waals surface area contributed by atoms with Gasteiger partial charge in [-0.3, -0.25) is 0 Å². The number of fused-ring (bicyclic) bond motifs is 1. The molecule has 144 valence electrons. The van der Waals surface area contributed by atoms with E-state index in [-0.39, 0.29) is 0 Å². The van der Waals surface area contributed by atoms with Crippen molar-refractivity contribution in [3.8, 4) is 23.0 Å². The Morgan fingerprint density at radius 2 is 1.50 bits per heavy atom. The van der Waals surface area contributed by atoms with Crippen LogP contribution >= 0.6 is 0 Å². The minimum Gasteiger partial charge on any atom is -0.496 e. The summed E-state index contributed by atoms with van der Waals surface area (Å²) in [5.74, 6) is 5.42. The van der Waals surface area contributed by atoms with E-state index in [0.717, 1.165) is 39.0 Å². The number of benzene rings is 2. The molecule has 4 nitrogen and oxygen atoms in total. The van der Waals surface area contributed by atoms with Crippen LogP contribution in [-0.4, -0.2) is 32.3 Å². The fourth-order valence-electron chi connectivity index (χ4n) is 3.22. The number of hydrogen-bond donors (Lipinski definition) is 0. The fourth-order valence-corrected chi connectivity index (χ4v) is 3.71. The lowest BCUT2D eigenvalue weighted by Gasteiger charge is -2.18. The highest BCUT2D eigenvalue weighted by molar-refractivity contribution is 6.83. The number of methoxy groups -OCH3 is 2. The normalized spacial score (nSPS) is 11.1. The molecule has 0 atom stereocenters. The number of ether oxygens (including phenoxy) is 2. The van der Waals surface area contributed by atoms with Gasteiger partial charge in [-0.25, -0.2) is 9.97 Å². The first-order valence-corrected chi connectivity index (χ1v) is 12.8. The number of aromatic nitrogens is 2. The molecule has 2 aromatic carbocycles. The van der Waals surface area contributed by atoms with Crippen molar-refractivity contribution in [3.05, 3.63) is 59.2 Å². The van der Waals surface area contributed by atoms with E-state index in [1.54, 1.807) is 14.2 Å². The quantitative estimate of drug-likeness (QED) is 0.475. The second kappa shape index (κ2) is 8.03. The minimum absolute atomic E-state index is 0.575. The van der Waals surface area contributed by atoms with Crippen molar-refractivity contribution >= 4 is 18.8 Å². The van der Waals surface area contributed by atoms with E-state index in [0.29, 0.717) is 12.2 Å². The Balaban J connectivity index is 2.02. The van der Waals surface area contributed by atoms with Crippen LogP contribution in [0.5, 0.6) is 11.5 Å². The van der Waals surface area contributed by atoms with Crippen molar-refractivity contribution in [2.75, 3.05) is 14.2 Å². The van der Waals surface area contributed by atoms with Gasteiger partial charge < -0.3 is 9.47 Å². The smallest absolute Gasteiger partial charge is 0.204 e. The molecule has 5 heteroatoms. The molecule has 0 aliphatic rings. The van der Waals surface area contributed by atoms with Crippen LogP contribution in [0, 0.1) is 18.4 Å². The lowest BCUT2D eigenvalue weighted by molar-refractivity contribution is 0.404. The Morgan fingerprint density at radius 1 is 0.929 bits per heavy atom. The van der Waals surface area contributed by atoms with Crippen LogP contribution in [0.25, 0.3) is 10.8 Å². The molecule has 0 spiro atoms. The van der Waals surface area contributed by atoms with Crippen LogP contribution in [0.2, 0.25) is 19.6 Å². The lowest BCUT2D eigenvalue weighted by atomic mass is 9.95. The molecule has 0 amide bonds. The first-order valence-electron chi connectivity index (χ1n) is 9.30. The first-order chi connectivity index (χ1) is 13.3. The summed E-state index contributed by atoms with van der Waals surface area (Å²) in [6.07, 6.45) is 4.36. The van der Waals surface area contributed by atoms with Crippen molar-refractivity contribution in [3.63, 3.8) is 0 Å². The summed E-state index contributed by atoms with van der Waals surface area (Å²) < 4.78 is 11.5. The molecular weight excluding hydrogens is 364 g/mol. The van der Waals surface area contributed by atoms with Gasteiger partial charge in [0.2, 0.25) is 5.82 Å². The maximum atomic E-state index is 5.80. The van der Waals surface area contributed by atoms with Gasteiger partial charge in [0, 0.05) is 35.2 Å². The first kappa shape index (κ1) is 19.9. The van der Waals surface area contributed by atoms with Gasteiger partial charge >= 0.3 is 0 Å². The SMILES string of the molecule is COc1c(C)c(Cc2cnc(C#C[Si](C)(C)C)nc2)c(OC)c2ccccc12. The molecule has 0 aliphatic carbocycles. The van der Waals surface area contributed by atoms with Crippen molar-refractivity contribution in [2.45, 2.75) is 33.0 Å². The van der Waals surface area contributed by atoms with E-state index in [9.17, 15) is 0 Å². The van der Waals surface area contributed by atoms with E-state index >= 15 is 0 Å². The van der Waals surface area contributed by atoms with Gasteiger partial charge in [-0.15, -0.1) is 5.54 Å². The van der Waals surface area contributed by atoms with Gasteiger partial charge in [0.15, 0.2) is 0 Å². The summed E-state index contributed by atoms with van der Waals surface area (Å²) in [4.78, 5) is 8.87. The van der Waals surface area contributed by atoms with E-state index in [2.05, 4.69) is 60.1 Å². The summed E-state index contributed by atoms with van der Waals surface area (Å²) >= 11 is 0. The third-order valence-corrected chi connectivity index (χ3v) is 5.40. The zero-order valence-electron chi connectivity index (χ0n) is 17.4. The molecular formula is C23H26N2O2Si. The Bertz CT molecular complexity index is 1060. The molecule has 0 aliphatic heterocycles. The predicted molar refractivity (Wildman–Crippen MR) is 117 cm³/mol. The molecule has 1 heterocycles. The van der Waals surface area contributed by atoms with Crippen LogP contribution in [-0.2, 0) is 6.42 Å². The maximum Gasteiger partial charge on any atom is 0.204 e. The van der Waals surface area contributed by atoms with Crippen LogP contribution in [0.1, 0.15) is 22.5 Å². The number of nitrogens with zero attached hydrogens (tertiary/aromatic N) is 2. The third kappa shape index (κ3) is 4.18. The molecule has 0 bridgehead atoms. The highest BCUT2D eigenvalue weighted by atomic mass is 28.3. The molecule has 0 saturated carbocycles. The summed E-state index contributed by atoms with van der Waals surface area (Å²) in [6.45, 7) is 8.68. The third-order valence-electron chi connectivity index (χ3n) is 4.53. The minimum atomic E-state index is -1.44. The Kier molecular flexibility index (Phi) is 5.71. The van der Waals surface area contributed by atoms with Gasteiger partial charge in [0.25, 0.3) is 0 Å². The van der Waals surface area contributed by atoms with Crippen molar-refractivity contribution in [2.24, 2.45) is 0 Å². The monoisotopic (exact) mass is 390 g/mol. The van der Waals surface area contributed by atoms with Crippen molar-refractivity contribution < 1.29 is 9.47 Å². The highest BCUT2D eigenvalue weighted by Crippen LogP contribution is 2.41. The largest absolute Gasteiger partial charge is 0.496 e. The van der Waals surface area contributed by atoms with Gasteiger partial charge in [-0.2, -0.15) is 0 Å². The Morgan fingerprint density at radius 3 is 2.04 bits per heavy atom. The number of rotatable bonds is 4. The second-order valence-electron chi connectivity index (χ2n) is 7.81. The molecule has 1 aromatic heterocycles. The predicted octanol–water partition coefficient (Wildman–Crippen LogP) is 4.78. The number of hydrogen-bond acceptors (Lipinski definition) is 4. The van der Waals surface area contributed by atoms with Crippen molar-refractivity contribution in [1.29, 1.82) is 0 Å². The van der Waals surface area contributed by atoms with E-state index < -0.39 is 8.07 Å². The average molecular weight is 391 g/mol. The fraction of sp³-hybridized carbons (Fsp3) is 0.304. The van der Waals surface area contributed by atoms with Gasteiger partial charge in [0.05, 0.1) is 14.2 Å². The average Bonchev–Trinajstić information content (AvgIpc) is 2.67. The molecule has 0 N–H and O–H groups in total. The molecule has 28 heavy (non-hydrogen) atoms. The van der Waals surface area contributed by atoms with E-state index in [4.69, 9.17) is 9.47 Å². The Hall–Kier alpha value is -2.84. The Labute approximate surface area is 168 Å². The topological polar surface area (TPSA) is 44.2 Å². The van der Waals surface area contributed by atoms with Gasteiger partial charge in [0.1, 0.15) is 19.6 Å². The highest BCUT2D eigenvalue weighted by Gasteiger charge is 2.18. The maximum absolute atomic E-state index is 5.80. The van der Waals surface area contributed by atoms with Crippen LogP contribution in [0.3, 0.4) is 0 Å². The lowest BCUT2D eigenvalue weighted by Crippen LogP contribution is -2.16. The summed E-state index contributed by atoms with van der Waals surface area (Å²) in [5, 5.41) is 2.09. The van der Waals surface area contributed by atoms with Crippen molar-refractivity contribution in [1.82, 2.24) is 9.97 Å². The molecule has 0 saturated heterocycles. The molecule has 0 unspecified atom stereocenters. The molecule has 3 rings (SSSR count). The summed E-state index contributed by atoms with van der Waals surface area (Å²) in [5.41, 5.74) is 6.46. The second-order valence-corrected chi connectivity index (χ2v) is 12.6. The van der Waals surface area contributed by atoms with Gasteiger partial charge in [-0.05, 0) is 24.0 Å². The van der Waals surface area contributed by atoms with Crippen LogP contribution in [0.15, 0.2) is 36.7 Å². The zero-order valence-corrected chi connectivity index (χ0v) is 18.4. The van der Waals surface area contributed by atoms with Crippen LogP contribution < -0.4 is 9.47 Å². The standard InChI is InChI=1S/C23H26N2O2Si/c1-16-20(13-17-14-24-21(25-15-17)11-12-28(4,5)6)23(27-3)19-10-8-7-9-18(19)22(16)26-2/h7-10,14-15H,13H2,1-6H3. The summed E-state index contributed by atoms with van der Waals surface area (Å²) in [6, 6.07) is 8.14. The van der Waals surface area contributed by atoms with Crippen LogP contribution in [0.4, 0.5) is 0 Å². The molecule has 0 fully saturated rings. The molecule has 3 aromatic rings. The van der Waals surface area contributed by atoms with E-state index in [1.165, 1.54) is 0 Å².